The van der Waals surface area contributed by atoms with E-state index < -0.39 is 62.3 Å². The number of ether oxygens (including phenoxy) is 2. The minimum atomic E-state index is -7.09. The van der Waals surface area contributed by atoms with Gasteiger partial charge in [0.2, 0.25) is 0 Å². The van der Waals surface area contributed by atoms with Crippen LogP contribution in [0.25, 0.3) is 0 Å². The van der Waals surface area contributed by atoms with Crippen molar-refractivity contribution in [1.82, 2.24) is 0 Å². The average Bonchev–Trinajstić information content (AvgIpc) is 2.50. The fraction of sp³-hybridized carbons (Fsp3) is 0.818. The van der Waals surface area contributed by atoms with Gasteiger partial charge in [-0.2, -0.15) is 74.6 Å². The Kier molecular flexibility index (Phi) is 20.6. The molecule has 0 bridgehead atoms. The second-order valence-corrected chi connectivity index (χ2v) is 4.60. The summed E-state index contributed by atoms with van der Waals surface area (Å²) in [5.41, 5.74) is 0. The molecule has 0 heterocycles. The van der Waals surface area contributed by atoms with E-state index in [1.807, 2.05) is 4.74 Å². The van der Waals surface area contributed by atoms with Gasteiger partial charge in [0.05, 0.1) is 0 Å². The third-order valence-electron chi connectivity index (χ3n) is 1.84. The molecule has 204 valence electrons. The van der Waals surface area contributed by atoms with Gasteiger partial charge in [0, 0.05) is 0 Å². The molecule has 0 fully saturated rings. The Morgan fingerprint density at radius 3 is 1.26 bits per heavy atom. The molecule has 0 saturated heterocycles. The van der Waals surface area contributed by atoms with Crippen LogP contribution in [-0.4, -0.2) is 66.8 Å². The molecule has 1 unspecified atom stereocenters. The van der Waals surface area contributed by atoms with Crippen molar-refractivity contribution in [2.45, 2.75) is 43.0 Å². The third kappa shape index (κ3) is 20.2. The fourth-order valence-corrected chi connectivity index (χ4v) is 0.681. The summed E-state index contributed by atoms with van der Waals surface area (Å²) in [6, 6.07) is 0. The van der Waals surface area contributed by atoms with Crippen molar-refractivity contribution in [2.75, 3.05) is 13.2 Å². The molecule has 0 radical (unpaired) electrons. The van der Waals surface area contributed by atoms with Gasteiger partial charge in [0.1, 0.15) is 13.2 Å². The Morgan fingerprint density at radius 1 is 0.765 bits per heavy atom. The normalized spacial score (nSPS) is 13.7. The van der Waals surface area contributed by atoms with Crippen LogP contribution in [0.15, 0.2) is 12.7 Å². The summed E-state index contributed by atoms with van der Waals surface area (Å²) in [6.45, 7) is -2.42. The Hall–Kier alpha value is -0.0436. The minimum Gasteiger partial charge on any atom is -0.870 e. The van der Waals surface area contributed by atoms with Crippen LogP contribution in [0, 0.1) is 0 Å². The van der Waals surface area contributed by atoms with Crippen molar-refractivity contribution in [3.63, 3.8) is 0 Å². The summed E-state index contributed by atoms with van der Waals surface area (Å²) >= 11 is 0. The van der Waals surface area contributed by atoms with Crippen LogP contribution in [0.2, 0.25) is 0 Å². The Balaban J connectivity index is -0.000000196. The van der Waals surface area contributed by atoms with Gasteiger partial charge < -0.3 is 15.3 Å². The zero-order valence-electron chi connectivity index (χ0n) is 15.7. The van der Waals surface area contributed by atoms with E-state index in [0.717, 1.165) is 0 Å². The van der Waals surface area contributed by atoms with Crippen molar-refractivity contribution in [3.8, 4) is 0 Å². The Labute approximate surface area is 218 Å². The maximum absolute atomic E-state index is 12.5. The second kappa shape index (κ2) is 15.9. The summed E-state index contributed by atoms with van der Waals surface area (Å²) in [6.07, 6.45) is -36.5. The molecule has 0 aromatic rings. The molecule has 23 heteroatoms. The van der Waals surface area contributed by atoms with Crippen LogP contribution in [0.5, 0.6) is 0 Å². The topological polar surface area (TPSA) is 68.7 Å². The van der Waals surface area contributed by atoms with Gasteiger partial charge >= 0.3 is 88.1 Å². The van der Waals surface area contributed by atoms with E-state index >= 15 is 0 Å². The number of halogens is 18. The molecule has 1 atom stereocenters. The molecule has 0 aliphatic rings. The van der Waals surface area contributed by atoms with Gasteiger partial charge in [-0.15, -0.1) is 0 Å². The van der Waals surface area contributed by atoms with E-state index in [9.17, 15) is 79.0 Å². The smallest absolute Gasteiger partial charge is 0.870 e. The van der Waals surface area contributed by atoms with Gasteiger partial charge in [-0.25, -0.2) is 4.39 Å². The van der Waals surface area contributed by atoms with Crippen LogP contribution < -0.4 is 51.4 Å². The Bertz CT molecular complexity index is 554. The van der Waals surface area contributed by atoms with Gasteiger partial charge in [0.15, 0.2) is 0 Å². The van der Waals surface area contributed by atoms with Crippen molar-refractivity contribution < 1.29 is 150 Å². The molecule has 0 saturated carbocycles. The zero-order chi connectivity index (χ0) is 27.0. The number of hydrogen-bond acceptors (Lipinski definition) is 4. The molecule has 0 aromatic heterocycles. The first-order valence-electron chi connectivity index (χ1n) is 6.53. The number of aliphatic hydroxyl groups excluding tert-OH is 1. The number of rotatable bonds is 6. The number of aliphatic hydroxyl groups is 1. The summed E-state index contributed by atoms with van der Waals surface area (Å²) in [4.78, 5) is 0. The molecule has 0 aliphatic heterocycles. The standard InChI is InChI=1S/C7H3F13O2.C2H3F3O.C2H2F2.K.H2O/c8-2(4(12,13)21-1-3(9,10)11)22-7(19,20)5(14,15)6(16,17)18;3-2(4,5)1-6;1-2(3)4;;/h2H,1H2;6H,1H2;1H2;;1H2/q;;;+1;/p-1. The molecule has 0 amide bonds. The molecule has 2 N–H and O–H groups in total. The van der Waals surface area contributed by atoms with Crippen LogP contribution in [0.4, 0.5) is 79.0 Å². The minimum absolute atomic E-state index is 0. The van der Waals surface area contributed by atoms with Crippen molar-refractivity contribution >= 4 is 0 Å². The maximum Gasteiger partial charge on any atom is 1.00 e. The Morgan fingerprint density at radius 2 is 1.06 bits per heavy atom. The van der Waals surface area contributed by atoms with E-state index in [4.69, 9.17) is 5.11 Å². The monoisotopic (exact) mass is 586 g/mol. The van der Waals surface area contributed by atoms with E-state index in [0.29, 0.717) is 0 Å². The van der Waals surface area contributed by atoms with E-state index in [2.05, 4.69) is 11.3 Å². The van der Waals surface area contributed by atoms with E-state index in [-0.39, 0.29) is 56.9 Å². The number of alkyl halides is 16. The molecule has 0 spiro atoms. The van der Waals surface area contributed by atoms with E-state index in [1.165, 1.54) is 0 Å². The van der Waals surface area contributed by atoms with Crippen LogP contribution >= 0.6 is 0 Å². The summed E-state index contributed by atoms with van der Waals surface area (Å²) in [5, 5.41) is 7.28. The second-order valence-electron chi connectivity index (χ2n) is 4.60. The first kappa shape index (κ1) is 44.0. The maximum atomic E-state index is 12.5. The van der Waals surface area contributed by atoms with Crippen LogP contribution in [0.3, 0.4) is 0 Å². The first-order valence-corrected chi connectivity index (χ1v) is 6.53. The molecular formula is C11H9F18KO4. The molecule has 0 aliphatic carbocycles. The van der Waals surface area contributed by atoms with Crippen molar-refractivity contribution in [2.24, 2.45) is 0 Å². The van der Waals surface area contributed by atoms with Crippen molar-refractivity contribution in [1.29, 1.82) is 0 Å². The fourth-order valence-electron chi connectivity index (χ4n) is 0.681. The summed E-state index contributed by atoms with van der Waals surface area (Å²) in [7, 11) is 0. The predicted octanol–water partition coefficient (Wildman–Crippen LogP) is 3.03. The molecule has 0 aromatic carbocycles. The van der Waals surface area contributed by atoms with E-state index in [1.54, 1.807) is 0 Å². The predicted molar refractivity (Wildman–Crippen MR) is 65.3 cm³/mol. The molecule has 34 heavy (non-hydrogen) atoms. The molecular weight excluding hydrogens is 577 g/mol. The zero-order valence-corrected chi connectivity index (χ0v) is 18.8. The van der Waals surface area contributed by atoms with Gasteiger partial charge in [-0.1, -0.05) is 0 Å². The SMILES string of the molecule is C=C(F)F.FC(OC(F)(F)C(F)(F)C(F)(F)F)C(F)(F)OCC(F)(F)F.OCC(F)(F)F.[K+].[OH-]. The average molecular weight is 586 g/mol. The third-order valence-corrected chi connectivity index (χ3v) is 1.84. The van der Waals surface area contributed by atoms with Gasteiger partial charge in [0.25, 0.3) is 12.4 Å². The summed E-state index contributed by atoms with van der Waals surface area (Å²) in [5.74, 6) is -7.09. The molecule has 0 rings (SSSR count). The van der Waals surface area contributed by atoms with Gasteiger partial charge in [-0.05, 0) is 6.58 Å². The number of hydrogen-bond donors (Lipinski definition) is 1. The van der Waals surface area contributed by atoms with Crippen LogP contribution in [0.1, 0.15) is 0 Å². The van der Waals surface area contributed by atoms with Crippen LogP contribution in [-0.2, 0) is 9.47 Å². The largest absolute Gasteiger partial charge is 1.00 e. The first-order chi connectivity index (χ1) is 13.6. The molecule has 4 nitrogen and oxygen atoms in total. The van der Waals surface area contributed by atoms with Crippen molar-refractivity contribution in [3.05, 3.63) is 12.7 Å². The van der Waals surface area contributed by atoms with Gasteiger partial charge in [-0.3, -0.25) is 4.74 Å². The quantitative estimate of drug-likeness (QED) is 0.384. The summed E-state index contributed by atoms with van der Waals surface area (Å²) < 4.78 is 212.